The largest absolute Gasteiger partial charge is 0.352 e. The van der Waals surface area contributed by atoms with E-state index in [1.807, 2.05) is 49.9 Å². The predicted molar refractivity (Wildman–Crippen MR) is 94.2 cm³/mol. The van der Waals surface area contributed by atoms with Gasteiger partial charge in [0.05, 0.1) is 5.69 Å². The topological polar surface area (TPSA) is 46.9 Å². The van der Waals surface area contributed by atoms with Crippen LogP contribution in [0.25, 0.3) is 6.08 Å². The van der Waals surface area contributed by atoms with Crippen LogP contribution < -0.4 is 5.32 Å². The first kappa shape index (κ1) is 17.0. The van der Waals surface area contributed by atoms with E-state index in [0.717, 1.165) is 23.4 Å². The van der Waals surface area contributed by atoms with Crippen molar-refractivity contribution in [3.05, 3.63) is 58.9 Å². The second kappa shape index (κ2) is 7.77. The van der Waals surface area contributed by atoms with E-state index in [-0.39, 0.29) is 5.91 Å². The molecule has 1 N–H and O–H groups in total. The molecule has 0 saturated heterocycles. The summed E-state index contributed by atoms with van der Waals surface area (Å²) in [5.41, 5.74) is 4.27. The molecule has 4 nitrogen and oxygen atoms in total. The van der Waals surface area contributed by atoms with Gasteiger partial charge in [0, 0.05) is 36.8 Å². The van der Waals surface area contributed by atoms with Gasteiger partial charge in [-0.15, -0.1) is 0 Å². The molecule has 0 aliphatic rings. The van der Waals surface area contributed by atoms with Crippen molar-refractivity contribution in [3.8, 4) is 0 Å². The summed E-state index contributed by atoms with van der Waals surface area (Å²) in [6.07, 6.45) is 4.43. The highest BCUT2D eigenvalue weighted by Crippen LogP contribution is 2.18. The Morgan fingerprint density at radius 3 is 2.57 bits per heavy atom. The van der Waals surface area contributed by atoms with E-state index in [1.54, 1.807) is 6.08 Å². The number of nitrogens with zero attached hydrogens (tertiary/aromatic N) is 2. The summed E-state index contributed by atoms with van der Waals surface area (Å²) in [5.74, 6) is 0.275. The third-order valence-corrected chi connectivity index (χ3v) is 4.25. The Labute approximate surface area is 138 Å². The lowest BCUT2D eigenvalue weighted by molar-refractivity contribution is -0.116. The lowest BCUT2D eigenvalue weighted by Gasteiger charge is -2.15. The standard InChI is InChI=1S/C19H25N3O/c1-5-16(17-9-7-6-8-10-17)13-20-19(23)12-11-18-14(2)21-22(4)15(18)3/h6-12,16H,5,13H2,1-4H3,(H,20,23). The Bertz CT molecular complexity index is 686. The summed E-state index contributed by atoms with van der Waals surface area (Å²) in [4.78, 5) is 12.1. The van der Waals surface area contributed by atoms with Gasteiger partial charge in [-0.2, -0.15) is 5.10 Å². The summed E-state index contributed by atoms with van der Waals surface area (Å²) < 4.78 is 1.83. The number of aryl methyl sites for hydroxylation is 2. The Hall–Kier alpha value is -2.36. The van der Waals surface area contributed by atoms with Crippen molar-refractivity contribution in [1.82, 2.24) is 15.1 Å². The van der Waals surface area contributed by atoms with E-state index in [9.17, 15) is 4.79 Å². The predicted octanol–water partition coefficient (Wildman–Crippen LogP) is 3.36. The first-order valence-electron chi connectivity index (χ1n) is 8.04. The van der Waals surface area contributed by atoms with Gasteiger partial charge in [0.2, 0.25) is 5.91 Å². The van der Waals surface area contributed by atoms with Crippen LogP contribution in [0.15, 0.2) is 36.4 Å². The number of carbonyl (C=O) groups excluding carboxylic acids is 1. The highest BCUT2D eigenvalue weighted by Gasteiger charge is 2.10. The number of hydrogen-bond donors (Lipinski definition) is 1. The van der Waals surface area contributed by atoms with Gasteiger partial charge in [0.25, 0.3) is 0 Å². The maximum absolute atomic E-state index is 12.1. The first-order valence-corrected chi connectivity index (χ1v) is 8.04. The Balaban J connectivity index is 1.95. The smallest absolute Gasteiger partial charge is 0.244 e. The minimum absolute atomic E-state index is 0.0676. The number of amides is 1. The van der Waals surface area contributed by atoms with Gasteiger partial charge >= 0.3 is 0 Å². The van der Waals surface area contributed by atoms with Crippen molar-refractivity contribution < 1.29 is 4.79 Å². The van der Waals surface area contributed by atoms with Gasteiger partial charge in [-0.1, -0.05) is 37.3 Å². The molecule has 1 amide bonds. The molecular weight excluding hydrogens is 286 g/mol. The van der Waals surface area contributed by atoms with Crippen LogP contribution in [0.1, 0.15) is 41.8 Å². The molecule has 0 spiro atoms. The molecule has 1 aromatic heterocycles. The second-order valence-electron chi connectivity index (χ2n) is 5.80. The maximum atomic E-state index is 12.1. The lowest BCUT2D eigenvalue weighted by Crippen LogP contribution is -2.26. The van der Waals surface area contributed by atoms with Crippen molar-refractivity contribution in [2.45, 2.75) is 33.1 Å². The van der Waals surface area contributed by atoms with Gasteiger partial charge in [-0.3, -0.25) is 9.48 Å². The normalized spacial score (nSPS) is 12.5. The SMILES string of the molecule is CCC(CNC(=O)C=Cc1c(C)nn(C)c1C)c1ccccc1. The molecule has 1 aromatic carbocycles. The minimum atomic E-state index is -0.0676. The van der Waals surface area contributed by atoms with Gasteiger partial charge in [0.15, 0.2) is 0 Å². The number of rotatable bonds is 6. The molecule has 0 aliphatic heterocycles. The zero-order chi connectivity index (χ0) is 16.8. The molecule has 2 rings (SSSR count). The molecule has 0 bridgehead atoms. The summed E-state index contributed by atoms with van der Waals surface area (Å²) >= 11 is 0. The van der Waals surface area contributed by atoms with Crippen molar-refractivity contribution in [1.29, 1.82) is 0 Å². The summed E-state index contributed by atoms with van der Waals surface area (Å²) in [6.45, 7) is 6.74. The molecule has 0 aliphatic carbocycles. The monoisotopic (exact) mass is 311 g/mol. The van der Waals surface area contributed by atoms with Crippen LogP contribution >= 0.6 is 0 Å². The quantitative estimate of drug-likeness (QED) is 0.832. The van der Waals surface area contributed by atoms with Crippen molar-refractivity contribution in [2.24, 2.45) is 7.05 Å². The molecule has 0 saturated carbocycles. The van der Waals surface area contributed by atoms with Crippen molar-refractivity contribution in [2.75, 3.05) is 6.54 Å². The molecule has 0 radical (unpaired) electrons. The summed E-state index contributed by atoms with van der Waals surface area (Å²) in [5, 5.41) is 7.34. The van der Waals surface area contributed by atoms with Gasteiger partial charge in [0.1, 0.15) is 0 Å². The lowest BCUT2D eigenvalue weighted by atomic mass is 9.96. The Morgan fingerprint density at radius 2 is 2.00 bits per heavy atom. The van der Waals surface area contributed by atoms with E-state index in [2.05, 4.69) is 29.5 Å². The molecular formula is C19H25N3O. The van der Waals surface area contributed by atoms with Crippen LogP contribution in [0.3, 0.4) is 0 Å². The number of carbonyl (C=O) groups is 1. The highest BCUT2D eigenvalue weighted by atomic mass is 16.1. The third kappa shape index (κ3) is 4.31. The van der Waals surface area contributed by atoms with Crippen LogP contribution in [-0.4, -0.2) is 22.2 Å². The van der Waals surface area contributed by atoms with Gasteiger partial charge in [-0.25, -0.2) is 0 Å². The number of nitrogens with one attached hydrogen (secondary N) is 1. The van der Waals surface area contributed by atoms with Crippen LogP contribution in [-0.2, 0) is 11.8 Å². The fourth-order valence-electron chi connectivity index (χ4n) is 2.70. The summed E-state index contributed by atoms with van der Waals surface area (Å²) in [7, 11) is 1.91. The van der Waals surface area contributed by atoms with E-state index in [0.29, 0.717) is 12.5 Å². The fraction of sp³-hybridized carbons (Fsp3) is 0.368. The second-order valence-corrected chi connectivity index (χ2v) is 5.80. The van der Waals surface area contributed by atoms with Crippen LogP contribution in [0.4, 0.5) is 0 Å². The molecule has 1 atom stereocenters. The molecule has 4 heteroatoms. The van der Waals surface area contributed by atoms with Crippen molar-refractivity contribution in [3.63, 3.8) is 0 Å². The fourth-order valence-corrected chi connectivity index (χ4v) is 2.70. The third-order valence-electron chi connectivity index (χ3n) is 4.25. The number of aromatic nitrogens is 2. The molecule has 23 heavy (non-hydrogen) atoms. The van der Waals surface area contributed by atoms with Gasteiger partial charge in [-0.05, 0) is 31.9 Å². The molecule has 2 aromatic rings. The average molecular weight is 311 g/mol. The number of benzene rings is 1. The van der Waals surface area contributed by atoms with E-state index in [1.165, 1.54) is 5.56 Å². The zero-order valence-electron chi connectivity index (χ0n) is 14.3. The molecule has 1 unspecified atom stereocenters. The molecule has 0 fully saturated rings. The zero-order valence-corrected chi connectivity index (χ0v) is 14.3. The van der Waals surface area contributed by atoms with E-state index < -0.39 is 0 Å². The average Bonchev–Trinajstić information content (AvgIpc) is 2.79. The molecule has 1 heterocycles. The Kier molecular flexibility index (Phi) is 5.74. The van der Waals surface area contributed by atoms with Crippen LogP contribution in [0.2, 0.25) is 0 Å². The van der Waals surface area contributed by atoms with Gasteiger partial charge < -0.3 is 5.32 Å². The molecule has 122 valence electrons. The van der Waals surface area contributed by atoms with Crippen LogP contribution in [0.5, 0.6) is 0 Å². The van der Waals surface area contributed by atoms with E-state index in [4.69, 9.17) is 0 Å². The van der Waals surface area contributed by atoms with E-state index >= 15 is 0 Å². The van der Waals surface area contributed by atoms with Crippen molar-refractivity contribution >= 4 is 12.0 Å². The number of hydrogen-bond acceptors (Lipinski definition) is 2. The summed E-state index contributed by atoms with van der Waals surface area (Å²) in [6, 6.07) is 10.3. The van der Waals surface area contributed by atoms with Crippen LogP contribution in [0, 0.1) is 13.8 Å². The Morgan fingerprint density at radius 1 is 1.30 bits per heavy atom. The minimum Gasteiger partial charge on any atom is -0.352 e. The highest BCUT2D eigenvalue weighted by molar-refractivity contribution is 5.92. The first-order chi connectivity index (χ1) is 11.0. The maximum Gasteiger partial charge on any atom is 0.244 e.